The van der Waals surface area contributed by atoms with Gasteiger partial charge in [0.05, 0.1) is 19.3 Å². The summed E-state index contributed by atoms with van der Waals surface area (Å²) in [5, 5.41) is 4.09. The van der Waals surface area contributed by atoms with E-state index in [-0.39, 0.29) is 24.0 Å². The van der Waals surface area contributed by atoms with Gasteiger partial charge < -0.3 is 10.5 Å². The topological polar surface area (TPSA) is 69.2 Å². The number of ether oxygens (including phenoxy) is 1. The van der Waals surface area contributed by atoms with E-state index in [0.717, 1.165) is 32.8 Å². The lowest BCUT2D eigenvalue weighted by Gasteiger charge is -2.36. The lowest BCUT2D eigenvalue weighted by atomic mass is 10.1. The SMILES string of the molecule is CC(C)(N)CN1CCOC(Cn2cncn2)C1.Cl. The Morgan fingerprint density at radius 2 is 2.28 bits per heavy atom. The third kappa shape index (κ3) is 4.89. The summed E-state index contributed by atoms with van der Waals surface area (Å²) in [6.45, 7) is 8.36. The molecule has 2 heterocycles. The Morgan fingerprint density at radius 1 is 1.50 bits per heavy atom. The molecule has 0 bridgehead atoms. The van der Waals surface area contributed by atoms with E-state index in [2.05, 4.69) is 28.8 Å². The Bertz CT molecular complexity index is 338. The summed E-state index contributed by atoms with van der Waals surface area (Å²) < 4.78 is 7.53. The Labute approximate surface area is 114 Å². The molecule has 2 rings (SSSR count). The minimum Gasteiger partial charge on any atom is -0.374 e. The van der Waals surface area contributed by atoms with E-state index < -0.39 is 0 Å². The second-order valence-corrected chi connectivity index (χ2v) is 5.33. The lowest BCUT2D eigenvalue weighted by Crippen LogP contribution is -2.52. The van der Waals surface area contributed by atoms with Gasteiger partial charge in [0.15, 0.2) is 0 Å². The van der Waals surface area contributed by atoms with Crippen LogP contribution in [-0.2, 0) is 11.3 Å². The molecule has 1 aliphatic heterocycles. The first-order valence-electron chi connectivity index (χ1n) is 5.98. The molecule has 1 fully saturated rings. The van der Waals surface area contributed by atoms with Crippen LogP contribution in [0.25, 0.3) is 0 Å². The number of nitrogens with zero attached hydrogens (tertiary/aromatic N) is 4. The van der Waals surface area contributed by atoms with Gasteiger partial charge in [0.2, 0.25) is 0 Å². The Hall–Kier alpha value is -0.690. The number of aromatic nitrogens is 3. The Morgan fingerprint density at radius 3 is 2.89 bits per heavy atom. The van der Waals surface area contributed by atoms with E-state index in [4.69, 9.17) is 10.5 Å². The average molecular weight is 276 g/mol. The Balaban J connectivity index is 0.00000162. The van der Waals surface area contributed by atoms with Crippen molar-refractivity contribution in [1.82, 2.24) is 19.7 Å². The predicted octanol–water partition coefficient (Wildman–Crippen LogP) is 0.138. The van der Waals surface area contributed by atoms with Crippen molar-refractivity contribution in [3.63, 3.8) is 0 Å². The maximum atomic E-state index is 6.04. The van der Waals surface area contributed by atoms with Crippen LogP contribution in [0.3, 0.4) is 0 Å². The van der Waals surface area contributed by atoms with Crippen LogP contribution < -0.4 is 5.73 Å². The van der Waals surface area contributed by atoms with Crippen LogP contribution in [0.15, 0.2) is 12.7 Å². The van der Waals surface area contributed by atoms with Crippen LogP contribution in [0.2, 0.25) is 0 Å². The quantitative estimate of drug-likeness (QED) is 0.846. The van der Waals surface area contributed by atoms with Crippen LogP contribution in [0.4, 0.5) is 0 Å². The standard InChI is InChI=1S/C11H21N5O.ClH/c1-11(2,12)7-15-3-4-17-10(5-15)6-16-9-13-8-14-16;/h8-10H,3-7,12H2,1-2H3;1H. The van der Waals surface area contributed by atoms with E-state index in [1.165, 1.54) is 0 Å². The molecular weight excluding hydrogens is 254 g/mol. The van der Waals surface area contributed by atoms with E-state index in [1.807, 2.05) is 4.68 Å². The fourth-order valence-corrected chi connectivity index (χ4v) is 2.15. The third-order valence-electron chi connectivity index (χ3n) is 2.71. The van der Waals surface area contributed by atoms with Gasteiger partial charge in [-0.05, 0) is 13.8 Å². The van der Waals surface area contributed by atoms with Crippen molar-refractivity contribution in [3.05, 3.63) is 12.7 Å². The molecule has 6 nitrogen and oxygen atoms in total. The molecule has 1 unspecified atom stereocenters. The van der Waals surface area contributed by atoms with Crippen LogP contribution >= 0.6 is 12.4 Å². The van der Waals surface area contributed by atoms with Crippen LogP contribution in [-0.4, -0.2) is 57.5 Å². The van der Waals surface area contributed by atoms with Crippen LogP contribution in [0.5, 0.6) is 0 Å². The molecule has 7 heteroatoms. The van der Waals surface area contributed by atoms with Crippen LogP contribution in [0.1, 0.15) is 13.8 Å². The highest BCUT2D eigenvalue weighted by molar-refractivity contribution is 5.85. The lowest BCUT2D eigenvalue weighted by molar-refractivity contribution is -0.0418. The molecule has 0 aliphatic carbocycles. The van der Waals surface area contributed by atoms with Gasteiger partial charge in [0.1, 0.15) is 12.7 Å². The van der Waals surface area contributed by atoms with E-state index in [1.54, 1.807) is 12.7 Å². The van der Waals surface area contributed by atoms with Gasteiger partial charge in [-0.1, -0.05) is 0 Å². The largest absolute Gasteiger partial charge is 0.374 e. The maximum absolute atomic E-state index is 6.04. The summed E-state index contributed by atoms with van der Waals surface area (Å²) in [6, 6.07) is 0. The van der Waals surface area contributed by atoms with Gasteiger partial charge in [-0.25, -0.2) is 4.98 Å². The van der Waals surface area contributed by atoms with Crippen molar-refractivity contribution in [1.29, 1.82) is 0 Å². The van der Waals surface area contributed by atoms with Gasteiger partial charge in [0, 0.05) is 25.2 Å². The Kier molecular flexibility index (Phi) is 5.52. The molecule has 0 spiro atoms. The fraction of sp³-hybridized carbons (Fsp3) is 0.818. The van der Waals surface area contributed by atoms with Crippen molar-refractivity contribution in [2.75, 3.05) is 26.2 Å². The normalized spacial score (nSPS) is 21.6. The van der Waals surface area contributed by atoms with Crippen molar-refractivity contribution < 1.29 is 4.74 Å². The predicted molar refractivity (Wildman–Crippen MR) is 71.7 cm³/mol. The molecule has 0 aromatic carbocycles. The number of hydrogen-bond acceptors (Lipinski definition) is 5. The molecule has 2 N–H and O–H groups in total. The van der Waals surface area contributed by atoms with E-state index in [0.29, 0.717) is 0 Å². The number of morpholine rings is 1. The van der Waals surface area contributed by atoms with Crippen molar-refractivity contribution in [2.24, 2.45) is 5.73 Å². The summed E-state index contributed by atoms with van der Waals surface area (Å²) in [7, 11) is 0. The van der Waals surface area contributed by atoms with Gasteiger partial charge >= 0.3 is 0 Å². The average Bonchev–Trinajstić information content (AvgIpc) is 2.68. The maximum Gasteiger partial charge on any atom is 0.137 e. The van der Waals surface area contributed by atoms with Gasteiger partial charge in [-0.3, -0.25) is 9.58 Å². The van der Waals surface area contributed by atoms with Crippen molar-refractivity contribution in [3.8, 4) is 0 Å². The molecule has 0 saturated carbocycles. The van der Waals surface area contributed by atoms with Gasteiger partial charge in [0.25, 0.3) is 0 Å². The molecule has 1 atom stereocenters. The highest BCUT2D eigenvalue weighted by atomic mass is 35.5. The first-order valence-corrected chi connectivity index (χ1v) is 5.98. The first-order chi connectivity index (χ1) is 8.03. The molecule has 0 radical (unpaired) electrons. The summed E-state index contributed by atoms with van der Waals surface area (Å²) in [4.78, 5) is 6.28. The highest BCUT2D eigenvalue weighted by Gasteiger charge is 2.24. The summed E-state index contributed by atoms with van der Waals surface area (Å²) in [5.74, 6) is 0. The molecule has 0 amide bonds. The molecule has 1 aliphatic rings. The summed E-state index contributed by atoms with van der Waals surface area (Å²) >= 11 is 0. The monoisotopic (exact) mass is 275 g/mol. The minimum absolute atomic E-state index is 0. The zero-order valence-electron chi connectivity index (χ0n) is 11.0. The molecule has 1 saturated heterocycles. The van der Waals surface area contributed by atoms with Gasteiger partial charge in [-0.15, -0.1) is 12.4 Å². The molecule has 1 aromatic rings. The highest BCUT2D eigenvalue weighted by Crippen LogP contribution is 2.10. The second kappa shape index (κ2) is 6.47. The van der Waals surface area contributed by atoms with Crippen LogP contribution in [0, 0.1) is 0 Å². The second-order valence-electron chi connectivity index (χ2n) is 5.33. The molecule has 104 valence electrons. The number of rotatable bonds is 4. The first kappa shape index (κ1) is 15.4. The smallest absolute Gasteiger partial charge is 0.137 e. The number of hydrogen-bond donors (Lipinski definition) is 1. The molecular formula is C11H22ClN5O. The van der Waals surface area contributed by atoms with E-state index in [9.17, 15) is 0 Å². The number of nitrogens with two attached hydrogens (primary N) is 1. The summed E-state index contributed by atoms with van der Waals surface area (Å²) in [6.07, 6.45) is 3.44. The summed E-state index contributed by atoms with van der Waals surface area (Å²) in [5.41, 5.74) is 5.88. The molecule has 1 aromatic heterocycles. The number of halogens is 1. The minimum atomic E-state index is -0.158. The van der Waals surface area contributed by atoms with Crippen molar-refractivity contribution >= 4 is 12.4 Å². The molecule has 18 heavy (non-hydrogen) atoms. The fourth-order valence-electron chi connectivity index (χ4n) is 2.15. The zero-order chi connectivity index (χ0) is 12.3. The van der Waals surface area contributed by atoms with E-state index >= 15 is 0 Å². The van der Waals surface area contributed by atoms with Gasteiger partial charge in [-0.2, -0.15) is 5.10 Å². The third-order valence-corrected chi connectivity index (χ3v) is 2.71. The van der Waals surface area contributed by atoms with Crippen molar-refractivity contribution in [2.45, 2.75) is 32.0 Å². The zero-order valence-corrected chi connectivity index (χ0v) is 11.8.